The highest BCUT2D eigenvalue weighted by atomic mass is 19.4. The van der Waals surface area contributed by atoms with Gasteiger partial charge in [0.05, 0.1) is 11.1 Å². The molecule has 0 atom stereocenters. The first-order valence-electron chi connectivity index (χ1n) is 9.06. The fourth-order valence-corrected chi connectivity index (χ4v) is 2.50. The molecule has 1 aromatic carbocycles. The Hall–Kier alpha value is -3.25. The van der Waals surface area contributed by atoms with Gasteiger partial charge in [-0.1, -0.05) is 0 Å². The predicted molar refractivity (Wildman–Crippen MR) is 103 cm³/mol. The standard InChI is InChI=1S/C18H20F6N6O/c1-3-25-14-9-15(29-10(2)28-14)26-4-5-27-16(31)30-13-7-11(17(19,20)21)6-12(8-13)18(22,23)24/h6-9H,3-5H2,1-2H3,(H2,27,30,31)(H2,25,26,28,29). The first kappa shape index (κ1) is 24.0. The summed E-state index contributed by atoms with van der Waals surface area (Å²) in [5.41, 5.74) is -3.67. The number of nitrogens with one attached hydrogen (secondary N) is 4. The Morgan fingerprint density at radius 2 is 1.42 bits per heavy atom. The number of nitrogens with zero attached hydrogens (tertiary/aromatic N) is 2. The molecule has 13 heteroatoms. The molecule has 0 bridgehead atoms. The third kappa shape index (κ3) is 7.50. The van der Waals surface area contributed by atoms with Crippen LogP contribution in [0.3, 0.4) is 0 Å². The highest BCUT2D eigenvalue weighted by Gasteiger charge is 2.37. The molecule has 0 saturated carbocycles. The minimum Gasteiger partial charge on any atom is -0.370 e. The number of aromatic nitrogens is 2. The topological polar surface area (TPSA) is 91.0 Å². The maximum Gasteiger partial charge on any atom is 0.416 e. The molecule has 0 aliphatic carbocycles. The van der Waals surface area contributed by atoms with Crippen LogP contribution in [0.25, 0.3) is 0 Å². The molecule has 0 fully saturated rings. The van der Waals surface area contributed by atoms with Gasteiger partial charge in [-0.3, -0.25) is 0 Å². The van der Waals surface area contributed by atoms with Crippen molar-refractivity contribution in [3.63, 3.8) is 0 Å². The zero-order valence-electron chi connectivity index (χ0n) is 16.5. The third-order valence-corrected chi connectivity index (χ3v) is 3.76. The van der Waals surface area contributed by atoms with Crippen LogP contribution in [0.4, 0.5) is 48.5 Å². The van der Waals surface area contributed by atoms with Crippen LogP contribution in [-0.2, 0) is 12.4 Å². The van der Waals surface area contributed by atoms with E-state index < -0.39 is 35.2 Å². The fourth-order valence-electron chi connectivity index (χ4n) is 2.50. The average molecular weight is 450 g/mol. The van der Waals surface area contributed by atoms with Gasteiger partial charge in [-0.05, 0) is 32.0 Å². The Balaban J connectivity index is 1.96. The minimum absolute atomic E-state index is 0.0155. The van der Waals surface area contributed by atoms with Gasteiger partial charge in [-0.15, -0.1) is 0 Å². The van der Waals surface area contributed by atoms with Gasteiger partial charge in [0, 0.05) is 31.4 Å². The normalized spacial score (nSPS) is 11.7. The maximum atomic E-state index is 12.9. The molecule has 1 aromatic heterocycles. The van der Waals surface area contributed by atoms with Gasteiger partial charge in [-0.2, -0.15) is 26.3 Å². The molecule has 0 unspecified atom stereocenters. The first-order chi connectivity index (χ1) is 14.4. The van der Waals surface area contributed by atoms with Crippen molar-refractivity contribution >= 4 is 23.4 Å². The van der Waals surface area contributed by atoms with E-state index in [2.05, 4.69) is 25.9 Å². The van der Waals surface area contributed by atoms with Crippen molar-refractivity contribution in [2.45, 2.75) is 26.2 Å². The third-order valence-electron chi connectivity index (χ3n) is 3.76. The molecule has 2 rings (SSSR count). The highest BCUT2D eigenvalue weighted by Crippen LogP contribution is 2.37. The van der Waals surface area contributed by atoms with Crippen molar-refractivity contribution in [2.75, 3.05) is 35.6 Å². The number of anilines is 3. The number of rotatable bonds is 7. The molecule has 0 spiro atoms. The van der Waals surface area contributed by atoms with E-state index in [0.717, 1.165) is 0 Å². The lowest BCUT2D eigenvalue weighted by Gasteiger charge is -2.15. The summed E-state index contributed by atoms with van der Waals surface area (Å²) in [5, 5.41) is 10.3. The van der Waals surface area contributed by atoms with Crippen LogP contribution in [-0.4, -0.2) is 35.6 Å². The van der Waals surface area contributed by atoms with Crippen LogP contribution in [0.15, 0.2) is 24.3 Å². The van der Waals surface area contributed by atoms with Gasteiger partial charge in [0.25, 0.3) is 0 Å². The Bertz CT molecular complexity index is 883. The van der Waals surface area contributed by atoms with E-state index in [4.69, 9.17) is 0 Å². The second kappa shape index (κ2) is 9.71. The van der Waals surface area contributed by atoms with E-state index in [0.29, 0.717) is 36.1 Å². The molecule has 2 aromatic rings. The van der Waals surface area contributed by atoms with Crippen LogP contribution >= 0.6 is 0 Å². The fraction of sp³-hybridized carbons (Fsp3) is 0.389. The smallest absolute Gasteiger partial charge is 0.370 e. The largest absolute Gasteiger partial charge is 0.416 e. The van der Waals surface area contributed by atoms with Crippen molar-refractivity contribution in [3.05, 3.63) is 41.2 Å². The summed E-state index contributed by atoms with van der Waals surface area (Å²) >= 11 is 0. The van der Waals surface area contributed by atoms with Crippen molar-refractivity contribution in [1.82, 2.24) is 15.3 Å². The molecule has 0 saturated heterocycles. The molecule has 0 aliphatic rings. The Morgan fingerprint density at radius 3 is 1.94 bits per heavy atom. The van der Waals surface area contributed by atoms with E-state index in [9.17, 15) is 31.1 Å². The lowest BCUT2D eigenvalue weighted by Crippen LogP contribution is -2.33. The zero-order chi connectivity index (χ0) is 23.2. The summed E-state index contributed by atoms with van der Waals surface area (Å²) in [7, 11) is 0. The van der Waals surface area contributed by atoms with E-state index in [1.807, 2.05) is 12.2 Å². The Labute approximate surface area is 173 Å². The Morgan fingerprint density at radius 1 is 0.871 bits per heavy atom. The van der Waals surface area contributed by atoms with E-state index in [-0.39, 0.29) is 19.2 Å². The number of halogens is 6. The second-order valence-electron chi connectivity index (χ2n) is 6.32. The van der Waals surface area contributed by atoms with Crippen LogP contribution in [0.1, 0.15) is 23.9 Å². The zero-order valence-corrected chi connectivity index (χ0v) is 16.5. The molecule has 31 heavy (non-hydrogen) atoms. The lowest BCUT2D eigenvalue weighted by molar-refractivity contribution is -0.143. The quantitative estimate of drug-likeness (QED) is 0.369. The predicted octanol–water partition coefficient (Wildman–Crippen LogP) is 4.49. The molecule has 7 nitrogen and oxygen atoms in total. The van der Waals surface area contributed by atoms with Crippen molar-refractivity contribution in [3.8, 4) is 0 Å². The number of carbonyl (C=O) groups excluding carboxylic acids is 1. The maximum absolute atomic E-state index is 12.9. The minimum atomic E-state index is -5.00. The van der Waals surface area contributed by atoms with Crippen LogP contribution in [0.5, 0.6) is 0 Å². The number of hydrogen-bond donors (Lipinski definition) is 4. The summed E-state index contributed by atoms with van der Waals surface area (Å²) in [5.74, 6) is 1.60. The number of urea groups is 1. The molecule has 0 radical (unpaired) electrons. The van der Waals surface area contributed by atoms with Crippen LogP contribution in [0.2, 0.25) is 0 Å². The SMILES string of the molecule is CCNc1cc(NCCNC(=O)Nc2cc(C(F)(F)F)cc(C(F)(F)F)c2)nc(C)n1. The van der Waals surface area contributed by atoms with Gasteiger partial charge >= 0.3 is 18.4 Å². The molecular weight excluding hydrogens is 430 g/mol. The number of benzene rings is 1. The van der Waals surface area contributed by atoms with Crippen molar-refractivity contribution < 1.29 is 31.1 Å². The molecular formula is C18H20F6N6O. The van der Waals surface area contributed by atoms with Gasteiger partial charge in [0.2, 0.25) is 0 Å². The molecule has 4 N–H and O–H groups in total. The number of hydrogen-bond acceptors (Lipinski definition) is 5. The monoisotopic (exact) mass is 450 g/mol. The summed E-state index contributed by atoms with van der Waals surface area (Å²) in [6.45, 7) is 4.47. The van der Waals surface area contributed by atoms with Crippen LogP contribution in [0, 0.1) is 6.92 Å². The number of alkyl halides is 6. The van der Waals surface area contributed by atoms with Crippen molar-refractivity contribution in [2.24, 2.45) is 0 Å². The molecule has 2 amide bonds. The van der Waals surface area contributed by atoms with E-state index >= 15 is 0 Å². The highest BCUT2D eigenvalue weighted by molar-refractivity contribution is 5.89. The van der Waals surface area contributed by atoms with Gasteiger partial charge < -0.3 is 21.3 Å². The Kier molecular flexibility index (Phi) is 7.52. The first-order valence-corrected chi connectivity index (χ1v) is 9.06. The van der Waals surface area contributed by atoms with E-state index in [1.54, 1.807) is 13.0 Å². The average Bonchev–Trinajstić information content (AvgIpc) is 2.63. The van der Waals surface area contributed by atoms with Gasteiger partial charge in [0.15, 0.2) is 0 Å². The summed E-state index contributed by atoms with van der Waals surface area (Å²) in [6, 6.07) is 1.54. The molecule has 1 heterocycles. The molecule has 0 aliphatic heterocycles. The van der Waals surface area contributed by atoms with Gasteiger partial charge in [-0.25, -0.2) is 14.8 Å². The van der Waals surface area contributed by atoms with Gasteiger partial charge in [0.1, 0.15) is 17.5 Å². The lowest BCUT2D eigenvalue weighted by atomic mass is 10.1. The second-order valence-corrected chi connectivity index (χ2v) is 6.32. The summed E-state index contributed by atoms with van der Waals surface area (Å²) in [6.07, 6.45) is -10.0. The number of amides is 2. The summed E-state index contributed by atoms with van der Waals surface area (Å²) < 4.78 is 77.2. The van der Waals surface area contributed by atoms with Crippen LogP contribution < -0.4 is 21.3 Å². The van der Waals surface area contributed by atoms with E-state index in [1.165, 1.54) is 0 Å². The number of carbonyl (C=O) groups is 1. The molecule has 170 valence electrons. The number of aryl methyl sites for hydroxylation is 1. The van der Waals surface area contributed by atoms with Crippen molar-refractivity contribution in [1.29, 1.82) is 0 Å². The summed E-state index contributed by atoms with van der Waals surface area (Å²) in [4.78, 5) is 20.2.